The van der Waals surface area contributed by atoms with Gasteiger partial charge in [0.15, 0.2) is 0 Å². The molecule has 2 N–H and O–H groups in total. The van der Waals surface area contributed by atoms with E-state index >= 15 is 0 Å². The molecule has 0 saturated heterocycles. The molecule has 2 amide bonds. The van der Waals surface area contributed by atoms with Gasteiger partial charge in [0.2, 0.25) is 0 Å². The quantitative estimate of drug-likeness (QED) is 0.643. The Hall–Kier alpha value is -2.63. The monoisotopic (exact) mass is 259 g/mol. The van der Waals surface area contributed by atoms with Crippen molar-refractivity contribution >= 4 is 17.4 Å². The SMILES string of the molecule is O=C(NCC1C=CC=C1)Nc1ccc([N+](=O)[O-])cc1. The molecule has 0 fully saturated rings. The van der Waals surface area contributed by atoms with Gasteiger partial charge in [0.05, 0.1) is 4.92 Å². The van der Waals surface area contributed by atoms with E-state index in [0.717, 1.165) is 0 Å². The van der Waals surface area contributed by atoms with E-state index in [-0.39, 0.29) is 17.6 Å². The molecule has 1 aliphatic carbocycles. The second kappa shape index (κ2) is 5.81. The number of benzene rings is 1. The number of rotatable bonds is 4. The van der Waals surface area contributed by atoms with Crippen molar-refractivity contribution in [3.8, 4) is 0 Å². The van der Waals surface area contributed by atoms with E-state index in [2.05, 4.69) is 10.6 Å². The average Bonchev–Trinajstić information content (AvgIpc) is 2.90. The van der Waals surface area contributed by atoms with Crippen molar-refractivity contribution in [3.05, 3.63) is 58.7 Å². The van der Waals surface area contributed by atoms with Crippen LogP contribution in [0.1, 0.15) is 0 Å². The molecule has 2 rings (SSSR count). The first-order valence-electron chi connectivity index (χ1n) is 5.79. The molecular weight excluding hydrogens is 246 g/mol. The highest BCUT2D eigenvalue weighted by atomic mass is 16.6. The number of amides is 2. The number of anilines is 1. The third-order valence-electron chi connectivity index (χ3n) is 2.66. The van der Waals surface area contributed by atoms with Crippen LogP contribution in [-0.4, -0.2) is 17.5 Å². The van der Waals surface area contributed by atoms with Gasteiger partial charge in [-0.1, -0.05) is 24.3 Å². The van der Waals surface area contributed by atoms with Gasteiger partial charge in [-0.2, -0.15) is 0 Å². The van der Waals surface area contributed by atoms with Crippen LogP contribution in [-0.2, 0) is 0 Å². The number of carbonyl (C=O) groups excluding carboxylic acids is 1. The summed E-state index contributed by atoms with van der Waals surface area (Å²) in [4.78, 5) is 21.6. The van der Waals surface area contributed by atoms with E-state index in [9.17, 15) is 14.9 Å². The summed E-state index contributed by atoms with van der Waals surface area (Å²) in [5.74, 6) is 0.225. The van der Waals surface area contributed by atoms with Crippen molar-refractivity contribution < 1.29 is 9.72 Å². The summed E-state index contributed by atoms with van der Waals surface area (Å²) in [6.45, 7) is 0.520. The van der Waals surface area contributed by atoms with Gasteiger partial charge in [0.1, 0.15) is 0 Å². The molecule has 19 heavy (non-hydrogen) atoms. The number of carbonyl (C=O) groups is 1. The number of non-ortho nitro benzene ring substituents is 1. The van der Waals surface area contributed by atoms with Crippen LogP contribution in [0.25, 0.3) is 0 Å². The lowest BCUT2D eigenvalue weighted by Crippen LogP contribution is -2.31. The Morgan fingerprint density at radius 1 is 1.21 bits per heavy atom. The van der Waals surface area contributed by atoms with Crippen LogP contribution in [0.15, 0.2) is 48.6 Å². The van der Waals surface area contributed by atoms with Crippen LogP contribution >= 0.6 is 0 Å². The maximum absolute atomic E-state index is 11.6. The van der Waals surface area contributed by atoms with Crippen LogP contribution in [0.3, 0.4) is 0 Å². The number of nitro groups is 1. The molecule has 0 radical (unpaired) electrons. The maximum Gasteiger partial charge on any atom is 0.319 e. The smallest absolute Gasteiger partial charge is 0.319 e. The molecule has 0 spiro atoms. The normalized spacial score (nSPS) is 13.5. The summed E-state index contributed by atoms with van der Waals surface area (Å²) in [6, 6.07) is 5.35. The summed E-state index contributed by atoms with van der Waals surface area (Å²) in [5.41, 5.74) is 0.507. The first kappa shape index (κ1) is 12.8. The van der Waals surface area contributed by atoms with Gasteiger partial charge in [0, 0.05) is 30.3 Å². The summed E-state index contributed by atoms with van der Waals surface area (Å²) in [7, 11) is 0. The summed E-state index contributed by atoms with van der Waals surface area (Å²) >= 11 is 0. The Morgan fingerprint density at radius 2 is 1.84 bits per heavy atom. The first-order valence-corrected chi connectivity index (χ1v) is 5.79. The number of urea groups is 1. The zero-order valence-electron chi connectivity index (χ0n) is 10.1. The van der Waals surface area contributed by atoms with Crippen LogP contribution < -0.4 is 10.6 Å². The van der Waals surface area contributed by atoms with E-state index in [1.807, 2.05) is 24.3 Å². The fourth-order valence-corrected chi connectivity index (χ4v) is 1.67. The Bertz CT molecular complexity index is 523. The molecule has 1 aromatic rings. The van der Waals surface area contributed by atoms with Gasteiger partial charge < -0.3 is 10.6 Å². The number of nitro benzene ring substituents is 1. The van der Waals surface area contributed by atoms with Gasteiger partial charge in [-0.15, -0.1) is 0 Å². The highest BCUT2D eigenvalue weighted by molar-refractivity contribution is 5.89. The maximum atomic E-state index is 11.6. The lowest BCUT2D eigenvalue weighted by molar-refractivity contribution is -0.384. The van der Waals surface area contributed by atoms with Crippen molar-refractivity contribution in [2.24, 2.45) is 5.92 Å². The van der Waals surface area contributed by atoms with E-state index in [1.165, 1.54) is 24.3 Å². The molecule has 0 aromatic heterocycles. The topological polar surface area (TPSA) is 84.3 Å². The standard InChI is InChI=1S/C13H13N3O3/c17-13(14-9-10-3-1-2-4-10)15-11-5-7-12(8-6-11)16(18)19/h1-8,10H,9H2,(H2,14,15,17). The minimum Gasteiger partial charge on any atom is -0.337 e. The van der Waals surface area contributed by atoms with Crippen molar-refractivity contribution in [1.82, 2.24) is 5.32 Å². The van der Waals surface area contributed by atoms with Gasteiger partial charge in [-0.05, 0) is 12.1 Å². The molecule has 0 heterocycles. The second-order valence-corrected chi connectivity index (χ2v) is 4.07. The molecule has 1 aliphatic rings. The zero-order valence-corrected chi connectivity index (χ0v) is 10.1. The Kier molecular flexibility index (Phi) is 3.92. The van der Waals surface area contributed by atoms with E-state index in [1.54, 1.807) is 0 Å². The van der Waals surface area contributed by atoms with Gasteiger partial charge >= 0.3 is 6.03 Å². The fourth-order valence-electron chi connectivity index (χ4n) is 1.67. The number of hydrogen-bond acceptors (Lipinski definition) is 3. The van der Waals surface area contributed by atoms with Crippen molar-refractivity contribution in [2.75, 3.05) is 11.9 Å². The molecule has 0 unspecified atom stereocenters. The van der Waals surface area contributed by atoms with Gasteiger partial charge in [-0.25, -0.2) is 4.79 Å². The Balaban J connectivity index is 1.82. The largest absolute Gasteiger partial charge is 0.337 e. The Morgan fingerprint density at radius 3 is 2.42 bits per heavy atom. The fraction of sp³-hybridized carbons (Fsp3) is 0.154. The van der Waals surface area contributed by atoms with Crippen LogP contribution in [0.5, 0.6) is 0 Å². The van der Waals surface area contributed by atoms with E-state index in [4.69, 9.17) is 0 Å². The minimum absolute atomic E-state index is 0.00723. The molecule has 6 heteroatoms. The molecule has 1 aromatic carbocycles. The number of nitrogens with one attached hydrogen (secondary N) is 2. The summed E-state index contributed by atoms with van der Waals surface area (Å²) in [6.07, 6.45) is 7.85. The molecule has 0 aliphatic heterocycles. The lowest BCUT2D eigenvalue weighted by Gasteiger charge is -2.09. The average molecular weight is 259 g/mol. The number of allylic oxidation sites excluding steroid dienone is 2. The van der Waals surface area contributed by atoms with Crippen LogP contribution in [0.2, 0.25) is 0 Å². The highest BCUT2D eigenvalue weighted by Crippen LogP contribution is 2.15. The zero-order chi connectivity index (χ0) is 13.7. The van der Waals surface area contributed by atoms with E-state index < -0.39 is 4.92 Å². The van der Waals surface area contributed by atoms with Crippen LogP contribution in [0.4, 0.5) is 16.2 Å². The molecule has 0 saturated carbocycles. The van der Waals surface area contributed by atoms with Gasteiger partial charge in [0.25, 0.3) is 5.69 Å². The third kappa shape index (κ3) is 3.67. The lowest BCUT2D eigenvalue weighted by atomic mass is 10.2. The van der Waals surface area contributed by atoms with Crippen molar-refractivity contribution in [2.45, 2.75) is 0 Å². The predicted octanol–water partition coefficient (Wildman–Crippen LogP) is 2.46. The summed E-state index contributed by atoms with van der Waals surface area (Å²) < 4.78 is 0. The van der Waals surface area contributed by atoms with Crippen molar-refractivity contribution in [3.63, 3.8) is 0 Å². The summed E-state index contributed by atoms with van der Waals surface area (Å²) in [5, 5.41) is 15.8. The van der Waals surface area contributed by atoms with Crippen LogP contribution in [0, 0.1) is 16.0 Å². The number of hydrogen-bond donors (Lipinski definition) is 2. The van der Waals surface area contributed by atoms with Gasteiger partial charge in [-0.3, -0.25) is 10.1 Å². The molecule has 98 valence electrons. The molecule has 6 nitrogen and oxygen atoms in total. The first-order chi connectivity index (χ1) is 9.15. The molecular formula is C13H13N3O3. The predicted molar refractivity (Wildman–Crippen MR) is 71.9 cm³/mol. The highest BCUT2D eigenvalue weighted by Gasteiger charge is 2.08. The number of nitrogens with zero attached hydrogens (tertiary/aromatic N) is 1. The minimum atomic E-state index is -0.484. The third-order valence-corrected chi connectivity index (χ3v) is 2.66. The molecule has 0 atom stereocenters. The second-order valence-electron chi connectivity index (χ2n) is 4.07. The Labute approximate surface area is 110 Å². The molecule has 0 bridgehead atoms. The van der Waals surface area contributed by atoms with Crippen molar-refractivity contribution in [1.29, 1.82) is 0 Å². The van der Waals surface area contributed by atoms with E-state index in [0.29, 0.717) is 12.2 Å².